The number of anilines is 2. The van der Waals surface area contributed by atoms with Gasteiger partial charge in [-0.1, -0.05) is 0 Å². The van der Waals surface area contributed by atoms with Gasteiger partial charge in [-0.25, -0.2) is 9.97 Å². The zero-order chi connectivity index (χ0) is 24.3. The molecule has 0 radical (unpaired) electrons. The maximum Gasteiger partial charge on any atom is 0.319 e. The van der Waals surface area contributed by atoms with Crippen molar-refractivity contribution in [3.8, 4) is 17.8 Å². The topological polar surface area (TPSA) is 152 Å². The van der Waals surface area contributed by atoms with Crippen molar-refractivity contribution >= 4 is 17.5 Å². The predicted octanol–water partition coefficient (Wildman–Crippen LogP) is 1.97. The van der Waals surface area contributed by atoms with Crippen LogP contribution in [-0.2, 0) is 0 Å². The minimum absolute atomic E-state index is 0.144. The van der Waals surface area contributed by atoms with Gasteiger partial charge >= 0.3 is 6.01 Å². The van der Waals surface area contributed by atoms with Crippen LogP contribution in [0.4, 0.5) is 11.6 Å². The summed E-state index contributed by atoms with van der Waals surface area (Å²) in [4.78, 5) is 31.7. The number of aromatic nitrogens is 4. The second-order valence-electron chi connectivity index (χ2n) is 9.74. The summed E-state index contributed by atoms with van der Waals surface area (Å²) in [6.45, 7) is 2.96. The molecule has 0 unspecified atom stereocenters. The fraction of sp³-hybridized carbons (Fsp3) is 0.583. The van der Waals surface area contributed by atoms with Gasteiger partial charge in [0.1, 0.15) is 24.4 Å². The van der Waals surface area contributed by atoms with Crippen molar-refractivity contribution in [3.63, 3.8) is 0 Å². The molecule has 1 saturated heterocycles. The molecule has 2 aromatic heterocycles. The zero-order valence-corrected chi connectivity index (χ0v) is 19.7. The third-order valence-electron chi connectivity index (χ3n) is 6.86. The highest BCUT2D eigenvalue weighted by molar-refractivity contribution is 5.93. The Bertz CT molecular complexity index is 1100. The number of nitrogens with zero attached hydrogens (tertiary/aromatic N) is 6. The van der Waals surface area contributed by atoms with Crippen molar-refractivity contribution in [2.45, 2.75) is 38.5 Å². The minimum Gasteiger partial charge on any atom is -0.488 e. The number of ether oxygens (including phenoxy) is 2. The average Bonchev–Trinajstić information content (AvgIpc) is 3.82. The molecule has 35 heavy (non-hydrogen) atoms. The van der Waals surface area contributed by atoms with Crippen LogP contribution in [0.5, 0.6) is 11.8 Å². The van der Waals surface area contributed by atoms with Crippen LogP contribution < -0.4 is 25.4 Å². The highest BCUT2D eigenvalue weighted by Gasteiger charge is 2.44. The van der Waals surface area contributed by atoms with Crippen LogP contribution in [0.15, 0.2) is 18.6 Å². The molecule has 184 valence electrons. The molecule has 2 aliphatic carbocycles. The molecule has 3 heterocycles. The lowest BCUT2D eigenvalue weighted by Crippen LogP contribution is -2.36. The Balaban J connectivity index is 1.23. The highest BCUT2D eigenvalue weighted by Crippen LogP contribution is 2.45. The van der Waals surface area contributed by atoms with Crippen LogP contribution in [0.2, 0.25) is 0 Å². The minimum atomic E-state index is -0.445. The summed E-state index contributed by atoms with van der Waals surface area (Å²) in [5, 5.41) is 12.3. The predicted molar refractivity (Wildman–Crippen MR) is 127 cm³/mol. The van der Waals surface area contributed by atoms with E-state index in [1.54, 1.807) is 12.3 Å². The van der Waals surface area contributed by atoms with Gasteiger partial charge in [0.2, 0.25) is 0 Å². The standard InChI is InChI=1S/C24H30N8O3/c25-13-24(5-6-24)14-35-23-30-18(22(33)28-10-16-1-2-16)9-20(31-23)32-7-3-17(4-8-32)12-34-19-11-27-15-29-21(19)26/h9,11,15-17H,1-8,10,12,14H2,(H,28,33)(H2,26,27,29). The van der Waals surface area contributed by atoms with E-state index >= 15 is 0 Å². The fourth-order valence-corrected chi connectivity index (χ4v) is 4.02. The first kappa shape index (κ1) is 23.1. The molecule has 3 fully saturated rings. The molecule has 1 amide bonds. The van der Waals surface area contributed by atoms with E-state index in [4.69, 9.17) is 15.2 Å². The number of piperidine rings is 1. The van der Waals surface area contributed by atoms with Crippen molar-refractivity contribution in [3.05, 3.63) is 24.3 Å². The maximum absolute atomic E-state index is 12.8. The number of hydrogen-bond donors (Lipinski definition) is 2. The van der Waals surface area contributed by atoms with E-state index in [-0.39, 0.29) is 24.2 Å². The zero-order valence-electron chi connectivity index (χ0n) is 19.7. The Hall–Kier alpha value is -3.68. The van der Waals surface area contributed by atoms with E-state index in [2.05, 4.69) is 36.2 Å². The fourth-order valence-electron chi connectivity index (χ4n) is 4.02. The molecule has 3 aliphatic rings. The molecule has 11 nitrogen and oxygen atoms in total. The number of hydrogen-bond acceptors (Lipinski definition) is 10. The third kappa shape index (κ3) is 5.88. The molecule has 0 spiro atoms. The van der Waals surface area contributed by atoms with Crippen LogP contribution in [0.25, 0.3) is 0 Å². The Morgan fingerprint density at radius 2 is 2.00 bits per heavy atom. The monoisotopic (exact) mass is 478 g/mol. The van der Waals surface area contributed by atoms with Gasteiger partial charge in [-0.3, -0.25) is 4.79 Å². The van der Waals surface area contributed by atoms with Gasteiger partial charge in [-0.2, -0.15) is 15.2 Å². The Labute approximate surface area is 204 Å². The number of carbonyl (C=O) groups excluding carboxylic acids is 1. The van der Waals surface area contributed by atoms with Crippen molar-refractivity contribution in [1.29, 1.82) is 5.26 Å². The summed E-state index contributed by atoms with van der Waals surface area (Å²) < 4.78 is 11.6. The van der Waals surface area contributed by atoms with E-state index in [9.17, 15) is 10.1 Å². The number of carbonyl (C=O) groups is 1. The molecule has 11 heteroatoms. The normalized spacial score (nSPS) is 19.0. The number of nitrogens with two attached hydrogens (primary N) is 1. The second-order valence-corrected chi connectivity index (χ2v) is 9.74. The van der Waals surface area contributed by atoms with Crippen molar-refractivity contribution in [1.82, 2.24) is 25.3 Å². The van der Waals surface area contributed by atoms with Crippen molar-refractivity contribution in [2.24, 2.45) is 17.3 Å². The number of nitrogens with one attached hydrogen (secondary N) is 1. The molecule has 3 N–H and O–H groups in total. The van der Waals surface area contributed by atoms with Crippen molar-refractivity contribution in [2.75, 3.05) is 43.5 Å². The lowest BCUT2D eigenvalue weighted by molar-refractivity contribution is 0.0945. The Morgan fingerprint density at radius 1 is 1.20 bits per heavy atom. The van der Waals surface area contributed by atoms with Crippen molar-refractivity contribution < 1.29 is 14.3 Å². The first-order valence-electron chi connectivity index (χ1n) is 12.2. The molecular weight excluding hydrogens is 448 g/mol. The molecule has 0 bridgehead atoms. The lowest BCUT2D eigenvalue weighted by atomic mass is 9.98. The van der Waals surface area contributed by atoms with E-state index in [0.717, 1.165) is 51.6 Å². The van der Waals surface area contributed by atoms with Crippen LogP contribution >= 0.6 is 0 Å². The molecule has 2 aromatic rings. The SMILES string of the molecule is N#CC1(COc2nc(C(=O)NCC3CC3)cc(N3CCC(COc4cncnc4N)CC3)n2)CC1. The Kier molecular flexibility index (Phi) is 6.53. The quantitative estimate of drug-likeness (QED) is 0.518. The summed E-state index contributed by atoms with van der Waals surface area (Å²) in [6, 6.07) is 4.18. The van der Waals surface area contributed by atoms with Gasteiger partial charge in [-0.15, -0.1) is 0 Å². The average molecular weight is 479 g/mol. The van der Waals surface area contributed by atoms with Gasteiger partial charge in [0, 0.05) is 25.7 Å². The highest BCUT2D eigenvalue weighted by atomic mass is 16.5. The number of rotatable bonds is 10. The molecule has 0 atom stereocenters. The van der Waals surface area contributed by atoms with Crippen LogP contribution in [0.1, 0.15) is 49.0 Å². The summed E-state index contributed by atoms with van der Waals surface area (Å²) in [7, 11) is 0. The second kappa shape index (κ2) is 9.90. The smallest absolute Gasteiger partial charge is 0.319 e. The van der Waals surface area contributed by atoms with Gasteiger partial charge in [0.05, 0.1) is 24.3 Å². The number of amides is 1. The Morgan fingerprint density at radius 3 is 2.69 bits per heavy atom. The molecule has 2 saturated carbocycles. The number of nitrogen functional groups attached to an aromatic ring is 1. The number of nitriles is 1. The molecular formula is C24H30N8O3. The van der Waals surface area contributed by atoms with E-state index in [1.165, 1.54) is 6.33 Å². The molecule has 0 aromatic carbocycles. The van der Waals surface area contributed by atoms with Gasteiger partial charge in [0.15, 0.2) is 11.6 Å². The summed E-state index contributed by atoms with van der Waals surface area (Å²) in [5.74, 6) is 2.20. The first-order chi connectivity index (χ1) is 17.0. The molecule has 1 aliphatic heterocycles. The van der Waals surface area contributed by atoms with Gasteiger partial charge < -0.3 is 25.4 Å². The van der Waals surface area contributed by atoms with E-state index < -0.39 is 5.41 Å². The third-order valence-corrected chi connectivity index (χ3v) is 6.86. The van der Waals surface area contributed by atoms with Crippen LogP contribution in [0, 0.1) is 28.6 Å². The van der Waals surface area contributed by atoms with Gasteiger partial charge in [0.25, 0.3) is 5.91 Å². The summed E-state index contributed by atoms with van der Waals surface area (Å²) in [5.41, 5.74) is 5.68. The lowest BCUT2D eigenvalue weighted by Gasteiger charge is -2.32. The first-order valence-corrected chi connectivity index (χ1v) is 12.2. The van der Waals surface area contributed by atoms with E-state index in [0.29, 0.717) is 42.4 Å². The molecule has 5 rings (SSSR count). The largest absolute Gasteiger partial charge is 0.488 e. The maximum atomic E-state index is 12.8. The summed E-state index contributed by atoms with van der Waals surface area (Å²) >= 11 is 0. The van der Waals surface area contributed by atoms with Gasteiger partial charge in [-0.05, 0) is 50.4 Å². The summed E-state index contributed by atoms with van der Waals surface area (Å²) in [6.07, 6.45) is 8.70. The van der Waals surface area contributed by atoms with Crippen LogP contribution in [0.3, 0.4) is 0 Å². The van der Waals surface area contributed by atoms with E-state index in [1.807, 2.05) is 0 Å². The van der Waals surface area contributed by atoms with Crippen LogP contribution in [-0.4, -0.2) is 58.7 Å².